The van der Waals surface area contributed by atoms with Gasteiger partial charge in [-0.15, -0.1) is 0 Å². The molecular formula is C14H35O3PSi2. The van der Waals surface area contributed by atoms with Crippen molar-refractivity contribution in [1.82, 2.24) is 0 Å². The van der Waals surface area contributed by atoms with E-state index in [0.717, 1.165) is 0 Å². The van der Waals surface area contributed by atoms with Crippen LogP contribution in [0.15, 0.2) is 0 Å². The van der Waals surface area contributed by atoms with E-state index in [-0.39, 0.29) is 0 Å². The zero-order valence-electron chi connectivity index (χ0n) is 14.4. The SMILES string of the molecule is CCCC[Si](C)(C)COP(O)OC[Si](C)(C)CCCC. The van der Waals surface area contributed by atoms with Crippen LogP contribution in [0.3, 0.4) is 0 Å². The van der Waals surface area contributed by atoms with Crippen LogP contribution >= 0.6 is 8.60 Å². The Morgan fingerprint density at radius 2 is 1.15 bits per heavy atom. The molecule has 6 heteroatoms. The fourth-order valence-electron chi connectivity index (χ4n) is 1.95. The average molecular weight is 339 g/mol. The van der Waals surface area contributed by atoms with Crippen LogP contribution in [0.4, 0.5) is 0 Å². The maximum atomic E-state index is 9.89. The first kappa shape index (κ1) is 20.7. The number of hydrogen-bond donors (Lipinski definition) is 1. The Kier molecular flexibility index (Phi) is 10.9. The predicted octanol–water partition coefficient (Wildman–Crippen LogP) is 5.33. The molecule has 0 aromatic rings. The standard InChI is InChI=1S/C14H35O3PSi2/c1-7-9-11-19(3,4)13-16-18(15)17-14-20(5,6)12-10-8-2/h15H,7-14H2,1-6H3. The van der Waals surface area contributed by atoms with Gasteiger partial charge in [-0.05, 0) is 0 Å². The van der Waals surface area contributed by atoms with E-state index in [1.54, 1.807) is 0 Å². The molecule has 1 N–H and O–H groups in total. The summed E-state index contributed by atoms with van der Waals surface area (Å²) in [5.74, 6) is 0. The highest BCUT2D eigenvalue weighted by molar-refractivity contribution is 7.40. The van der Waals surface area contributed by atoms with Gasteiger partial charge in [-0.2, -0.15) is 0 Å². The molecule has 0 aliphatic carbocycles. The molecule has 3 nitrogen and oxygen atoms in total. The summed E-state index contributed by atoms with van der Waals surface area (Å²) < 4.78 is 11.2. The van der Waals surface area contributed by atoms with E-state index in [1.165, 1.54) is 37.8 Å². The predicted molar refractivity (Wildman–Crippen MR) is 95.4 cm³/mol. The maximum Gasteiger partial charge on any atom is 0.329 e. The molecule has 0 spiro atoms. The summed E-state index contributed by atoms with van der Waals surface area (Å²) in [5.41, 5.74) is 0. The second kappa shape index (κ2) is 10.5. The highest BCUT2D eigenvalue weighted by Gasteiger charge is 2.25. The highest BCUT2D eigenvalue weighted by Crippen LogP contribution is 2.35. The van der Waals surface area contributed by atoms with Gasteiger partial charge in [0.2, 0.25) is 0 Å². The van der Waals surface area contributed by atoms with E-state index < -0.39 is 24.8 Å². The van der Waals surface area contributed by atoms with Crippen LogP contribution < -0.4 is 0 Å². The molecule has 20 heavy (non-hydrogen) atoms. The lowest BCUT2D eigenvalue weighted by atomic mass is 10.4. The van der Waals surface area contributed by atoms with Gasteiger partial charge in [-0.25, -0.2) is 0 Å². The fourth-order valence-corrected chi connectivity index (χ4v) is 8.62. The van der Waals surface area contributed by atoms with Crippen molar-refractivity contribution in [2.24, 2.45) is 0 Å². The second-order valence-electron chi connectivity index (χ2n) is 7.32. The second-order valence-corrected chi connectivity index (χ2v) is 18.5. The number of hydrogen-bond acceptors (Lipinski definition) is 3. The van der Waals surface area contributed by atoms with Crippen molar-refractivity contribution in [2.75, 3.05) is 12.5 Å². The van der Waals surface area contributed by atoms with Crippen LogP contribution in [0, 0.1) is 0 Å². The molecule has 0 fully saturated rings. The molecule has 0 aliphatic rings. The average Bonchev–Trinajstić information content (AvgIpc) is 2.39. The molecule has 0 aromatic heterocycles. The summed E-state index contributed by atoms with van der Waals surface area (Å²) in [6.07, 6.45) is 6.43. The summed E-state index contributed by atoms with van der Waals surface area (Å²) in [6, 6.07) is 2.53. The smallest absolute Gasteiger partial charge is 0.328 e. The molecule has 0 amide bonds. The van der Waals surface area contributed by atoms with Gasteiger partial charge in [-0.3, -0.25) is 0 Å². The van der Waals surface area contributed by atoms with Crippen LogP contribution in [-0.2, 0) is 9.05 Å². The van der Waals surface area contributed by atoms with Crippen molar-refractivity contribution in [3.05, 3.63) is 0 Å². The van der Waals surface area contributed by atoms with Gasteiger partial charge in [0.15, 0.2) is 0 Å². The van der Waals surface area contributed by atoms with Crippen LogP contribution in [-0.4, -0.2) is 33.5 Å². The van der Waals surface area contributed by atoms with E-state index in [2.05, 4.69) is 40.0 Å². The van der Waals surface area contributed by atoms with Crippen molar-refractivity contribution in [3.8, 4) is 0 Å². The summed E-state index contributed by atoms with van der Waals surface area (Å²) in [5, 5.41) is 0. The molecular weight excluding hydrogens is 303 g/mol. The van der Waals surface area contributed by atoms with Gasteiger partial charge in [-0.1, -0.05) is 77.8 Å². The van der Waals surface area contributed by atoms with Crippen molar-refractivity contribution in [1.29, 1.82) is 0 Å². The van der Waals surface area contributed by atoms with Crippen molar-refractivity contribution in [2.45, 2.75) is 77.8 Å². The Morgan fingerprint density at radius 1 is 0.800 bits per heavy atom. The molecule has 0 radical (unpaired) electrons. The lowest BCUT2D eigenvalue weighted by molar-refractivity contribution is 0.243. The Morgan fingerprint density at radius 3 is 1.45 bits per heavy atom. The summed E-state index contributed by atoms with van der Waals surface area (Å²) in [4.78, 5) is 9.89. The Bertz CT molecular complexity index is 227. The lowest BCUT2D eigenvalue weighted by Crippen LogP contribution is -2.33. The third-order valence-electron chi connectivity index (χ3n) is 3.55. The van der Waals surface area contributed by atoms with Crippen molar-refractivity contribution >= 4 is 24.8 Å². The van der Waals surface area contributed by atoms with E-state index in [1.807, 2.05) is 0 Å². The molecule has 0 heterocycles. The van der Waals surface area contributed by atoms with Crippen LogP contribution in [0.1, 0.15) is 39.5 Å². The van der Waals surface area contributed by atoms with Crippen molar-refractivity contribution < 1.29 is 13.9 Å². The van der Waals surface area contributed by atoms with E-state index in [9.17, 15) is 4.89 Å². The van der Waals surface area contributed by atoms with Gasteiger partial charge in [0.25, 0.3) is 0 Å². The first-order chi connectivity index (χ1) is 9.22. The minimum absolute atomic E-state index is 0.714. The van der Waals surface area contributed by atoms with Gasteiger partial charge >= 0.3 is 8.60 Å². The van der Waals surface area contributed by atoms with Gasteiger partial charge < -0.3 is 13.9 Å². The molecule has 0 bridgehead atoms. The van der Waals surface area contributed by atoms with Crippen molar-refractivity contribution in [3.63, 3.8) is 0 Å². The molecule has 0 atom stereocenters. The minimum atomic E-state index is -1.67. The maximum absolute atomic E-state index is 9.89. The molecule has 122 valence electrons. The molecule has 0 saturated heterocycles. The lowest BCUT2D eigenvalue weighted by Gasteiger charge is -2.25. The van der Waals surface area contributed by atoms with Gasteiger partial charge in [0.05, 0.1) is 16.1 Å². The highest BCUT2D eigenvalue weighted by atomic mass is 31.2. The topological polar surface area (TPSA) is 38.7 Å². The van der Waals surface area contributed by atoms with Gasteiger partial charge in [0.1, 0.15) is 0 Å². The molecule has 0 unspecified atom stereocenters. The zero-order chi connectivity index (χ0) is 15.6. The third-order valence-corrected chi connectivity index (χ3v) is 10.00. The molecule has 0 saturated carbocycles. The van der Waals surface area contributed by atoms with E-state index in [0.29, 0.717) is 12.5 Å². The summed E-state index contributed by atoms with van der Waals surface area (Å²) in [6.45, 7) is 13.7. The fraction of sp³-hybridized carbons (Fsp3) is 1.00. The van der Waals surface area contributed by atoms with E-state index in [4.69, 9.17) is 9.05 Å². The normalized spacial score (nSPS) is 13.2. The zero-order valence-corrected chi connectivity index (χ0v) is 17.3. The monoisotopic (exact) mass is 338 g/mol. The van der Waals surface area contributed by atoms with Crippen LogP contribution in [0.25, 0.3) is 0 Å². The van der Waals surface area contributed by atoms with Crippen LogP contribution in [0.5, 0.6) is 0 Å². The largest absolute Gasteiger partial charge is 0.329 e. The number of unbranched alkanes of at least 4 members (excludes halogenated alkanes) is 2. The summed E-state index contributed by atoms with van der Waals surface area (Å²) >= 11 is 0. The van der Waals surface area contributed by atoms with Gasteiger partial charge in [0, 0.05) is 12.5 Å². The number of rotatable bonds is 12. The van der Waals surface area contributed by atoms with E-state index >= 15 is 0 Å². The Hall–Kier alpha value is 0.744. The quantitative estimate of drug-likeness (QED) is 0.386. The first-order valence-corrected chi connectivity index (χ1v) is 15.9. The minimum Gasteiger partial charge on any atom is -0.328 e. The molecule has 0 aliphatic heterocycles. The summed E-state index contributed by atoms with van der Waals surface area (Å²) in [7, 11) is -4.31. The molecule has 0 rings (SSSR count). The first-order valence-electron chi connectivity index (χ1n) is 7.97. The van der Waals surface area contributed by atoms with Crippen LogP contribution in [0.2, 0.25) is 38.3 Å². The Balaban J connectivity index is 3.90. The Labute approximate surface area is 129 Å². The third kappa shape index (κ3) is 11.4. The molecule has 0 aromatic carbocycles.